The summed E-state index contributed by atoms with van der Waals surface area (Å²) in [5.41, 5.74) is 0. The molecule has 0 radical (unpaired) electrons. The predicted molar refractivity (Wildman–Crippen MR) is 62.7 cm³/mol. The predicted octanol–water partition coefficient (Wildman–Crippen LogP) is 2.61. The zero-order valence-electron chi connectivity index (χ0n) is 9.99. The average molecular weight is 230 g/mol. The highest BCUT2D eigenvalue weighted by atomic mass is 28.4. The Bertz CT molecular complexity index is 194. The second-order valence-corrected chi connectivity index (χ2v) is 7.08. The molecule has 1 rings (SSSR count). The quantitative estimate of drug-likeness (QED) is 0.518. The molecule has 0 saturated heterocycles. The number of hydrogen-bond donors (Lipinski definition) is 0. The van der Waals surface area contributed by atoms with Crippen LogP contribution in [0.2, 0.25) is 6.04 Å². The van der Waals surface area contributed by atoms with Crippen LogP contribution in [0.4, 0.5) is 0 Å². The molecule has 0 bridgehead atoms. The third-order valence-corrected chi connectivity index (χ3v) is 5.69. The zero-order valence-corrected chi connectivity index (χ0v) is 11.0. The Morgan fingerprint density at radius 1 is 1.27 bits per heavy atom. The van der Waals surface area contributed by atoms with Gasteiger partial charge in [-0.3, -0.25) is 0 Å². The van der Waals surface area contributed by atoms with E-state index in [4.69, 9.17) is 13.3 Å². The van der Waals surface area contributed by atoms with Gasteiger partial charge in [-0.15, -0.1) is 0 Å². The van der Waals surface area contributed by atoms with Crippen LogP contribution in [0.3, 0.4) is 0 Å². The first-order valence-electron chi connectivity index (χ1n) is 5.65. The lowest BCUT2D eigenvalue weighted by Gasteiger charge is -2.28. The zero-order chi connectivity index (χ0) is 11.1. The molecule has 3 nitrogen and oxygen atoms in total. The maximum absolute atomic E-state index is 5.88. The van der Waals surface area contributed by atoms with Gasteiger partial charge < -0.3 is 13.3 Å². The summed E-state index contributed by atoms with van der Waals surface area (Å²) in [5.74, 6) is 0.638. The first-order valence-corrected chi connectivity index (χ1v) is 7.58. The summed E-state index contributed by atoms with van der Waals surface area (Å²) < 4.78 is 16.7. The summed E-state index contributed by atoms with van der Waals surface area (Å²) in [6.07, 6.45) is 8.01. The van der Waals surface area contributed by atoms with Crippen molar-refractivity contribution in [1.29, 1.82) is 0 Å². The molecule has 15 heavy (non-hydrogen) atoms. The minimum absolute atomic E-state index is 0.638. The van der Waals surface area contributed by atoms with Crippen molar-refractivity contribution in [2.45, 2.75) is 32.2 Å². The smallest absolute Gasteiger partial charge is 0.377 e. The van der Waals surface area contributed by atoms with Crippen molar-refractivity contribution < 1.29 is 13.3 Å². The minimum Gasteiger partial charge on any atom is -0.377 e. The molecular weight excluding hydrogens is 208 g/mol. The Labute approximate surface area is 93.8 Å². The van der Waals surface area contributed by atoms with Crippen LogP contribution < -0.4 is 0 Å². The molecule has 0 N–H and O–H groups in total. The topological polar surface area (TPSA) is 27.7 Å². The van der Waals surface area contributed by atoms with E-state index in [2.05, 4.69) is 19.1 Å². The van der Waals surface area contributed by atoms with Gasteiger partial charge in [-0.05, 0) is 25.2 Å². The second-order valence-electron chi connectivity index (χ2n) is 3.91. The van der Waals surface area contributed by atoms with Crippen molar-refractivity contribution in [1.82, 2.24) is 0 Å². The van der Waals surface area contributed by atoms with E-state index in [1.165, 1.54) is 12.8 Å². The Morgan fingerprint density at radius 2 is 2.00 bits per heavy atom. The third-order valence-electron chi connectivity index (χ3n) is 2.97. The van der Waals surface area contributed by atoms with Crippen LogP contribution >= 0.6 is 0 Å². The molecule has 4 heteroatoms. The summed E-state index contributed by atoms with van der Waals surface area (Å²) >= 11 is 0. The first kappa shape index (κ1) is 12.9. The fourth-order valence-corrected chi connectivity index (χ4v) is 3.52. The summed E-state index contributed by atoms with van der Waals surface area (Å²) in [4.78, 5) is 0. The highest BCUT2D eigenvalue weighted by Crippen LogP contribution is 2.21. The van der Waals surface area contributed by atoms with Crippen LogP contribution in [0.15, 0.2) is 12.2 Å². The van der Waals surface area contributed by atoms with Gasteiger partial charge in [-0.25, -0.2) is 0 Å². The molecule has 0 aromatic rings. The van der Waals surface area contributed by atoms with E-state index in [1.807, 2.05) is 0 Å². The molecule has 0 aromatic heterocycles. The lowest BCUT2D eigenvalue weighted by molar-refractivity contribution is 0.0812. The second kappa shape index (κ2) is 6.43. The fourth-order valence-electron chi connectivity index (χ4n) is 1.84. The van der Waals surface area contributed by atoms with E-state index in [1.54, 1.807) is 14.2 Å². The Kier molecular flexibility index (Phi) is 5.53. The molecule has 1 unspecified atom stereocenters. The number of rotatable bonds is 6. The van der Waals surface area contributed by atoms with E-state index in [9.17, 15) is 0 Å². The van der Waals surface area contributed by atoms with Crippen molar-refractivity contribution in [3.8, 4) is 0 Å². The maximum atomic E-state index is 5.88. The highest BCUT2D eigenvalue weighted by molar-refractivity contribution is 6.60. The lowest BCUT2D eigenvalue weighted by atomic mass is 9.96. The van der Waals surface area contributed by atoms with Crippen molar-refractivity contribution in [2.24, 2.45) is 5.92 Å². The van der Waals surface area contributed by atoms with E-state index < -0.39 is 8.80 Å². The molecule has 0 spiro atoms. The molecule has 1 aliphatic rings. The summed E-state index contributed by atoms with van der Waals surface area (Å²) in [5, 5.41) is 0. The normalized spacial score (nSPS) is 21.9. The van der Waals surface area contributed by atoms with E-state index >= 15 is 0 Å². The molecule has 1 aliphatic carbocycles. The number of hydrogen-bond acceptors (Lipinski definition) is 3. The van der Waals surface area contributed by atoms with Gasteiger partial charge >= 0.3 is 8.80 Å². The highest BCUT2D eigenvalue weighted by Gasteiger charge is 2.37. The van der Waals surface area contributed by atoms with Crippen molar-refractivity contribution in [3.63, 3.8) is 0 Å². The Balaban J connectivity index is 2.35. The molecular formula is C11H22O3Si. The van der Waals surface area contributed by atoms with Crippen molar-refractivity contribution in [2.75, 3.05) is 20.8 Å². The van der Waals surface area contributed by atoms with E-state index in [-0.39, 0.29) is 0 Å². The van der Waals surface area contributed by atoms with Crippen LogP contribution in [-0.4, -0.2) is 29.6 Å². The molecule has 0 aliphatic heterocycles. The molecule has 0 aromatic carbocycles. The maximum Gasteiger partial charge on any atom is 0.500 e. The van der Waals surface area contributed by atoms with Crippen LogP contribution in [-0.2, 0) is 13.3 Å². The standard InChI is InChI=1S/C11H22O3Si/c1-4-15(12-2,13-3)14-10-11-8-6-5-7-9-11/h5-6,11H,4,7-10H2,1-3H3. The summed E-state index contributed by atoms with van der Waals surface area (Å²) in [7, 11) is 1.04. The van der Waals surface area contributed by atoms with E-state index in [0.29, 0.717) is 5.92 Å². The molecule has 0 amide bonds. The SMILES string of the molecule is CC[Si](OC)(OC)OCC1CC=CCC1. The van der Waals surface area contributed by atoms with Gasteiger partial charge in [0.15, 0.2) is 0 Å². The van der Waals surface area contributed by atoms with Crippen LogP contribution in [0.1, 0.15) is 26.2 Å². The molecule has 1 atom stereocenters. The monoisotopic (exact) mass is 230 g/mol. The summed E-state index contributed by atoms with van der Waals surface area (Å²) in [6, 6.07) is 0.836. The largest absolute Gasteiger partial charge is 0.500 e. The molecule has 0 fully saturated rings. The Morgan fingerprint density at radius 3 is 2.47 bits per heavy atom. The Hall–Kier alpha value is -0.163. The van der Waals surface area contributed by atoms with Gasteiger partial charge in [0.1, 0.15) is 0 Å². The fraction of sp³-hybridized carbons (Fsp3) is 0.818. The van der Waals surface area contributed by atoms with Gasteiger partial charge in [0.05, 0.1) is 0 Å². The molecule has 88 valence electrons. The molecule has 0 heterocycles. The van der Waals surface area contributed by atoms with E-state index in [0.717, 1.165) is 19.1 Å². The van der Waals surface area contributed by atoms with Crippen LogP contribution in [0.5, 0.6) is 0 Å². The lowest BCUT2D eigenvalue weighted by Crippen LogP contribution is -2.44. The van der Waals surface area contributed by atoms with Crippen molar-refractivity contribution in [3.05, 3.63) is 12.2 Å². The molecule has 0 saturated carbocycles. The average Bonchev–Trinajstić information content (AvgIpc) is 2.33. The van der Waals surface area contributed by atoms with Crippen LogP contribution in [0, 0.1) is 5.92 Å². The van der Waals surface area contributed by atoms with Gasteiger partial charge in [0.25, 0.3) is 0 Å². The third kappa shape index (κ3) is 3.72. The minimum atomic E-state index is -2.33. The van der Waals surface area contributed by atoms with Crippen LogP contribution in [0.25, 0.3) is 0 Å². The number of allylic oxidation sites excluding steroid dienone is 2. The summed E-state index contributed by atoms with van der Waals surface area (Å²) in [6.45, 7) is 2.83. The van der Waals surface area contributed by atoms with Crippen molar-refractivity contribution >= 4 is 8.80 Å². The first-order chi connectivity index (χ1) is 7.26. The van der Waals surface area contributed by atoms with Gasteiger partial charge in [0, 0.05) is 26.9 Å². The van der Waals surface area contributed by atoms with Gasteiger partial charge in [-0.2, -0.15) is 0 Å². The van der Waals surface area contributed by atoms with Gasteiger partial charge in [-0.1, -0.05) is 19.1 Å². The van der Waals surface area contributed by atoms with Gasteiger partial charge in [0.2, 0.25) is 0 Å².